The number of anilines is 2. The van der Waals surface area contributed by atoms with E-state index in [-0.39, 0.29) is 11.7 Å². The van der Waals surface area contributed by atoms with Crippen molar-refractivity contribution < 1.29 is 9.50 Å². The summed E-state index contributed by atoms with van der Waals surface area (Å²) in [4.78, 5) is 12.4. The number of hydrogen-bond acceptors (Lipinski definition) is 5. The quantitative estimate of drug-likeness (QED) is 0.888. The Kier molecular flexibility index (Phi) is 3.28. The van der Waals surface area contributed by atoms with Gasteiger partial charge in [-0.15, -0.1) is 0 Å². The van der Waals surface area contributed by atoms with E-state index in [1.54, 1.807) is 0 Å². The fraction of sp³-hybridized carbons (Fsp3) is 0.714. The van der Waals surface area contributed by atoms with Crippen LogP contribution in [0.2, 0.25) is 0 Å². The summed E-state index contributed by atoms with van der Waals surface area (Å²) in [6, 6.07) is 0. The lowest BCUT2D eigenvalue weighted by Gasteiger charge is -2.22. The summed E-state index contributed by atoms with van der Waals surface area (Å²) in [7, 11) is 0. The molecule has 0 aliphatic carbocycles. The molecule has 2 atom stereocenters. The van der Waals surface area contributed by atoms with Crippen LogP contribution in [0.25, 0.3) is 0 Å². The highest BCUT2D eigenvalue weighted by atomic mass is 19.1. The van der Waals surface area contributed by atoms with Crippen molar-refractivity contribution in [3.63, 3.8) is 0 Å². The van der Waals surface area contributed by atoms with Gasteiger partial charge in [0.15, 0.2) is 11.6 Å². The third kappa shape index (κ3) is 2.32. The molecule has 2 saturated heterocycles. The standard InChI is InChI=1S/C14H21FN4O/c1-10-8-19(9-14(10,2)20)13-16-7-11(15)12(17-13)18-5-3-4-6-18/h7,10,20H,3-6,8-9H2,1-2H3/t10-,14+/m1/s1. The third-order valence-corrected chi connectivity index (χ3v) is 4.47. The van der Waals surface area contributed by atoms with Crippen LogP contribution in [-0.2, 0) is 0 Å². The fourth-order valence-electron chi connectivity index (χ4n) is 2.94. The smallest absolute Gasteiger partial charge is 0.227 e. The maximum Gasteiger partial charge on any atom is 0.227 e. The molecule has 1 aromatic heterocycles. The monoisotopic (exact) mass is 280 g/mol. The molecule has 0 aromatic carbocycles. The van der Waals surface area contributed by atoms with E-state index in [0.29, 0.717) is 24.9 Å². The number of aromatic nitrogens is 2. The lowest BCUT2D eigenvalue weighted by Crippen LogP contribution is -2.33. The molecular formula is C14H21FN4O. The molecule has 0 bridgehead atoms. The van der Waals surface area contributed by atoms with Crippen molar-refractivity contribution in [1.29, 1.82) is 0 Å². The van der Waals surface area contributed by atoms with Crippen molar-refractivity contribution in [2.24, 2.45) is 5.92 Å². The predicted molar refractivity (Wildman–Crippen MR) is 75.4 cm³/mol. The summed E-state index contributed by atoms with van der Waals surface area (Å²) in [5.41, 5.74) is -0.744. The summed E-state index contributed by atoms with van der Waals surface area (Å²) in [6.07, 6.45) is 3.40. The van der Waals surface area contributed by atoms with Gasteiger partial charge in [0.1, 0.15) is 0 Å². The highest BCUT2D eigenvalue weighted by Crippen LogP contribution is 2.30. The largest absolute Gasteiger partial charge is 0.388 e. The van der Waals surface area contributed by atoms with E-state index in [2.05, 4.69) is 9.97 Å². The van der Waals surface area contributed by atoms with E-state index < -0.39 is 5.60 Å². The summed E-state index contributed by atoms with van der Waals surface area (Å²) >= 11 is 0. The molecule has 0 amide bonds. The Bertz CT molecular complexity index is 502. The zero-order valence-corrected chi connectivity index (χ0v) is 12.0. The van der Waals surface area contributed by atoms with Crippen molar-refractivity contribution in [2.45, 2.75) is 32.3 Å². The Balaban J connectivity index is 1.86. The Morgan fingerprint density at radius 2 is 2.05 bits per heavy atom. The van der Waals surface area contributed by atoms with E-state index in [9.17, 15) is 9.50 Å². The zero-order chi connectivity index (χ0) is 14.3. The van der Waals surface area contributed by atoms with Crippen molar-refractivity contribution in [1.82, 2.24) is 9.97 Å². The third-order valence-electron chi connectivity index (χ3n) is 4.47. The van der Waals surface area contributed by atoms with Crippen LogP contribution in [0.3, 0.4) is 0 Å². The summed E-state index contributed by atoms with van der Waals surface area (Å²) in [5, 5.41) is 10.2. The van der Waals surface area contributed by atoms with Gasteiger partial charge in [0.2, 0.25) is 5.95 Å². The van der Waals surface area contributed by atoms with E-state index in [1.165, 1.54) is 6.20 Å². The van der Waals surface area contributed by atoms with Gasteiger partial charge < -0.3 is 14.9 Å². The number of nitrogens with zero attached hydrogens (tertiary/aromatic N) is 4. The van der Waals surface area contributed by atoms with Gasteiger partial charge in [0.05, 0.1) is 11.8 Å². The Morgan fingerprint density at radius 3 is 2.65 bits per heavy atom. The molecule has 2 aliphatic heterocycles. The molecule has 1 N–H and O–H groups in total. The number of β-amino-alcohol motifs (C(OH)–C–C–N with tert-alkyl or cyclic N) is 1. The predicted octanol–water partition coefficient (Wildman–Crippen LogP) is 1.42. The zero-order valence-electron chi connectivity index (χ0n) is 12.0. The van der Waals surface area contributed by atoms with Gasteiger partial charge in [0, 0.05) is 32.1 Å². The normalized spacial score (nSPS) is 30.3. The first kappa shape index (κ1) is 13.5. The molecular weight excluding hydrogens is 259 g/mol. The number of hydrogen-bond donors (Lipinski definition) is 1. The van der Waals surface area contributed by atoms with Gasteiger partial charge in [-0.25, -0.2) is 9.37 Å². The van der Waals surface area contributed by atoms with Crippen LogP contribution in [0.5, 0.6) is 0 Å². The molecule has 2 aliphatic rings. The van der Waals surface area contributed by atoms with E-state index in [0.717, 1.165) is 25.9 Å². The molecule has 5 nitrogen and oxygen atoms in total. The average Bonchev–Trinajstić information content (AvgIpc) is 2.99. The molecule has 1 aromatic rings. The van der Waals surface area contributed by atoms with Crippen LogP contribution in [-0.4, -0.2) is 46.9 Å². The Morgan fingerprint density at radius 1 is 1.35 bits per heavy atom. The number of rotatable bonds is 2. The van der Waals surface area contributed by atoms with Crippen LogP contribution in [0.1, 0.15) is 26.7 Å². The van der Waals surface area contributed by atoms with E-state index in [4.69, 9.17) is 0 Å². The molecule has 0 saturated carbocycles. The van der Waals surface area contributed by atoms with Crippen LogP contribution < -0.4 is 9.80 Å². The van der Waals surface area contributed by atoms with Gasteiger partial charge in [-0.05, 0) is 19.8 Å². The van der Waals surface area contributed by atoms with E-state index in [1.807, 2.05) is 23.6 Å². The maximum absolute atomic E-state index is 13.9. The van der Waals surface area contributed by atoms with Crippen molar-refractivity contribution in [2.75, 3.05) is 36.0 Å². The van der Waals surface area contributed by atoms with Crippen LogP contribution in [0.15, 0.2) is 6.20 Å². The second-order valence-corrected chi connectivity index (χ2v) is 6.17. The molecule has 0 radical (unpaired) electrons. The second kappa shape index (κ2) is 4.84. The van der Waals surface area contributed by atoms with Gasteiger partial charge in [-0.1, -0.05) is 6.92 Å². The van der Waals surface area contributed by atoms with Gasteiger partial charge in [0.25, 0.3) is 0 Å². The Hall–Kier alpha value is -1.43. The first-order chi connectivity index (χ1) is 9.47. The average molecular weight is 280 g/mol. The summed E-state index contributed by atoms with van der Waals surface area (Å²) in [5.74, 6) is 0.686. The lowest BCUT2D eigenvalue weighted by molar-refractivity contribution is 0.0443. The molecule has 6 heteroatoms. The second-order valence-electron chi connectivity index (χ2n) is 6.17. The highest BCUT2D eigenvalue weighted by molar-refractivity contribution is 5.46. The van der Waals surface area contributed by atoms with Gasteiger partial charge in [-0.3, -0.25) is 0 Å². The van der Waals surface area contributed by atoms with Crippen LogP contribution in [0, 0.1) is 11.7 Å². The molecule has 20 heavy (non-hydrogen) atoms. The minimum absolute atomic E-state index is 0.145. The van der Waals surface area contributed by atoms with Crippen molar-refractivity contribution in [3.8, 4) is 0 Å². The molecule has 3 rings (SSSR count). The minimum atomic E-state index is -0.744. The topological polar surface area (TPSA) is 52.5 Å². The van der Waals surface area contributed by atoms with Crippen LogP contribution >= 0.6 is 0 Å². The van der Waals surface area contributed by atoms with Gasteiger partial charge >= 0.3 is 0 Å². The van der Waals surface area contributed by atoms with E-state index >= 15 is 0 Å². The number of halogens is 1. The summed E-state index contributed by atoms with van der Waals surface area (Å²) < 4.78 is 13.9. The highest BCUT2D eigenvalue weighted by Gasteiger charge is 2.39. The molecule has 110 valence electrons. The van der Waals surface area contributed by atoms with Gasteiger partial charge in [-0.2, -0.15) is 4.98 Å². The number of aliphatic hydroxyl groups is 1. The first-order valence-corrected chi connectivity index (χ1v) is 7.22. The molecule has 0 unspecified atom stereocenters. The molecule has 3 heterocycles. The first-order valence-electron chi connectivity index (χ1n) is 7.22. The maximum atomic E-state index is 13.9. The fourth-order valence-corrected chi connectivity index (χ4v) is 2.94. The molecule has 0 spiro atoms. The minimum Gasteiger partial charge on any atom is -0.388 e. The lowest BCUT2D eigenvalue weighted by atomic mass is 9.95. The van der Waals surface area contributed by atoms with Crippen molar-refractivity contribution >= 4 is 11.8 Å². The van der Waals surface area contributed by atoms with Crippen LogP contribution in [0.4, 0.5) is 16.2 Å². The Labute approximate surface area is 118 Å². The van der Waals surface area contributed by atoms with Crippen molar-refractivity contribution in [3.05, 3.63) is 12.0 Å². The summed E-state index contributed by atoms with van der Waals surface area (Å²) in [6.45, 7) is 6.70. The molecule has 2 fully saturated rings. The SMILES string of the molecule is C[C@@H]1CN(c2ncc(F)c(N3CCCC3)n2)C[C@]1(C)O.